The maximum absolute atomic E-state index is 6.77. The standard InChI is InChI=1S/C35H30N2O5/c1-37-13-11-22-17-30-31-19-25(22)27(37)15-21-6-9-28(38-2)29(16-21)40-24-7-4-20(5-8-24)14-26-33-23(10-12-36-26)18-32(39-3)34(41-30)35(33)42-31/h4-10,12,16-19,27H,11,13-15H2,1-3H3/t27-/m0/s1. The second kappa shape index (κ2) is 9.67. The molecule has 0 aliphatic carbocycles. The molecule has 42 heavy (non-hydrogen) atoms. The topological polar surface area (TPSA) is 62.3 Å². The molecule has 0 N–H and O–H groups in total. The average molecular weight is 559 g/mol. The molecule has 4 aliphatic heterocycles. The molecule has 210 valence electrons. The number of rotatable bonds is 2. The van der Waals surface area contributed by atoms with E-state index in [-0.39, 0.29) is 6.04 Å². The van der Waals surface area contributed by atoms with E-state index >= 15 is 0 Å². The van der Waals surface area contributed by atoms with E-state index in [4.69, 9.17) is 28.7 Å². The first-order chi connectivity index (χ1) is 20.6. The van der Waals surface area contributed by atoms with Crippen molar-refractivity contribution in [2.24, 2.45) is 0 Å². The number of hydrogen-bond acceptors (Lipinski definition) is 7. The molecule has 0 saturated heterocycles. The van der Waals surface area contributed by atoms with E-state index in [0.29, 0.717) is 46.7 Å². The lowest BCUT2D eigenvalue weighted by molar-refractivity contribution is 0.227. The van der Waals surface area contributed by atoms with E-state index in [1.807, 2.05) is 36.5 Å². The summed E-state index contributed by atoms with van der Waals surface area (Å²) >= 11 is 0. The van der Waals surface area contributed by atoms with E-state index in [1.54, 1.807) is 14.2 Å². The molecule has 0 spiro atoms. The summed E-state index contributed by atoms with van der Waals surface area (Å²) in [6, 6.07) is 22.8. The number of aromatic nitrogens is 1. The van der Waals surface area contributed by atoms with Crippen LogP contribution in [0, 0.1) is 0 Å². The van der Waals surface area contributed by atoms with Crippen LogP contribution in [0.3, 0.4) is 0 Å². The number of nitrogens with zero attached hydrogens (tertiary/aromatic N) is 2. The Bertz CT molecular complexity index is 1870. The summed E-state index contributed by atoms with van der Waals surface area (Å²) in [6.45, 7) is 0.947. The van der Waals surface area contributed by atoms with Gasteiger partial charge in [-0.1, -0.05) is 18.2 Å². The molecule has 5 heterocycles. The Hall–Kier alpha value is -4.75. The van der Waals surface area contributed by atoms with Gasteiger partial charge in [-0.15, -0.1) is 0 Å². The molecule has 0 radical (unpaired) electrons. The molecule has 0 saturated carbocycles. The van der Waals surface area contributed by atoms with Crippen molar-refractivity contribution in [3.05, 3.63) is 101 Å². The summed E-state index contributed by atoms with van der Waals surface area (Å²) < 4.78 is 31.2. The molecule has 4 aliphatic rings. The van der Waals surface area contributed by atoms with Crippen molar-refractivity contribution in [1.29, 1.82) is 0 Å². The van der Waals surface area contributed by atoms with Crippen LogP contribution in [0.25, 0.3) is 10.8 Å². The van der Waals surface area contributed by atoms with Gasteiger partial charge in [0.25, 0.3) is 0 Å². The van der Waals surface area contributed by atoms with Gasteiger partial charge in [0.1, 0.15) is 5.75 Å². The monoisotopic (exact) mass is 558 g/mol. The summed E-state index contributed by atoms with van der Waals surface area (Å²) in [7, 11) is 5.52. The van der Waals surface area contributed by atoms with Crippen LogP contribution in [0.2, 0.25) is 0 Å². The molecule has 1 aromatic heterocycles. The SMILES string of the molecule is COc1ccc2cc1Oc1ccc(cc1)Cc1nccc3cc(OC)c4c(c13)Oc1cc3c(cc1O4)CCN(C)[C@H]3C2. The second-order valence-electron chi connectivity index (χ2n) is 11.2. The highest BCUT2D eigenvalue weighted by Gasteiger charge is 2.32. The fourth-order valence-corrected chi connectivity index (χ4v) is 6.44. The second-order valence-corrected chi connectivity index (χ2v) is 11.2. The summed E-state index contributed by atoms with van der Waals surface area (Å²) in [5.74, 6) is 5.42. The molecule has 0 amide bonds. The Morgan fingerprint density at radius 2 is 1.57 bits per heavy atom. The lowest BCUT2D eigenvalue weighted by atomic mass is 9.88. The summed E-state index contributed by atoms with van der Waals surface area (Å²) in [5.41, 5.74) is 5.68. The molecule has 0 fully saturated rings. The van der Waals surface area contributed by atoms with Crippen LogP contribution in [0.4, 0.5) is 0 Å². The Labute approximate surface area is 244 Å². The third-order valence-electron chi connectivity index (χ3n) is 8.66. The molecule has 7 bridgehead atoms. The van der Waals surface area contributed by atoms with E-state index < -0.39 is 0 Å². The van der Waals surface area contributed by atoms with E-state index in [2.05, 4.69) is 48.3 Å². The molecule has 5 aromatic rings. The third-order valence-corrected chi connectivity index (χ3v) is 8.66. The van der Waals surface area contributed by atoms with Gasteiger partial charge in [-0.05, 0) is 96.1 Å². The van der Waals surface area contributed by atoms with Crippen LogP contribution in [0.5, 0.6) is 46.0 Å². The number of pyridine rings is 1. The lowest BCUT2D eigenvalue weighted by Crippen LogP contribution is -2.33. The molecule has 7 nitrogen and oxygen atoms in total. The largest absolute Gasteiger partial charge is 0.493 e. The van der Waals surface area contributed by atoms with Crippen molar-refractivity contribution in [3.63, 3.8) is 0 Å². The van der Waals surface area contributed by atoms with Crippen LogP contribution in [-0.4, -0.2) is 37.7 Å². The van der Waals surface area contributed by atoms with Crippen LogP contribution in [0.1, 0.15) is 34.0 Å². The van der Waals surface area contributed by atoms with Crippen molar-refractivity contribution < 1.29 is 23.7 Å². The average Bonchev–Trinajstić information content (AvgIpc) is 3.01. The molecular weight excluding hydrogens is 528 g/mol. The van der Waals surface area contributed by atoms with Crippen LogP contribution in [-0.2, 0) is 19.3 Å². The van der Waals surface area contributed by atoms with Gasteiger partial charge in [-0.25, -0.2) is 0 Å². The number of methoxy groups -OCH3 is 2. The summed E-state index contributed by atoms with van der Waals surface area (Å²) in [5, 5.41) is 1.91. The minimum Gasteiger partial charge on any atom is -0.493 e. The van der Waals surface area contributed by atoms with Crippen molar-refractivity contribution in [2.75, 3.05) is 27.8 Å². The normalized spacial score (nSPS) is 16.8. The van der Waals surface area contributed by atoms with Gasteiger partial charge in [0.15, 0.2) is 34.5 Å². The zero-order valence-electron chi connectivity index (χ0n) is 23.8. The Morgan fingerprint density at radius 1 is 0.786 bits per heavy atom. The zero-order chi connectivity index (χ0) is 28.4. The highest BCUT2D eigenvalue weighted by Crippen LogP contribution is 2.55. The van der Waals surface area contributed by atoms with Crippen molar-refractivity contribution in [3.8, 4) is 46.0 Å². The van der Waals surface area contributed by atoms with Gasteiger partial charge < -0.3 is 23.7 Å². The van der Waals surface area contributed by atoms with E-state index in [9.17, 15) is 0 Å². The minimum atomic E-state index is 0.155. The summed E-state index contributed by atoms with van der Waals surface area (Å²) in [6.07, 6.45) is 4.19. The highest BCUT2D eigenvalue weighted by molar-refractivity contribution is 5.96. The maximum atomic E-state index is 6.77. The number of likely N-dealkylation sites (N-methyl/N-ethyl adjacent to an activating group) is 1. The first-order valence-electron chi connectivity index (χ1n) is 14.2. The van der Waals surface area contributed by atoms with Crippen LogP contribution < -0.4 is 23.7 Å². The van der Waals surface area contributed by atoms with Crippen molar-refractivity contribution in [1.82, 2.24) is 9.88 Å². The Kier molecular flexibility index (Phi) is 5.76. The third kappa shape index (κ3) is 4.03. The number of ether oxygens (including phenoxy) is 5. The molecule has 1 atom stereocenters. The predicted molar refractivity (Wildman–Crippen MR) is 160 cm³/mol. The van der Waals surface area contributed by atoms with Crippen molar-refractivity contribution in [2.45, 2.75) is 25.3 Å². The number of benzene rings is 4. The smallest absolute Gasteiger partial charge is 0.212 e. The fourth-order valence-electron chi connectivity index (χ4n) is 6.44. The molecule has 4 aromatic carbocycles. The lowest BCUT2D eigenvalue weighted by Gasteiger charge is -2.36. The predicted octanol–water partition coefficient (Wildman–Crippen LogP) is 7.62. The minimum absolute atomic E-state index is 0.155. The molecular formula is C35H30N2O5. The highest BCUT2D eigenvalue weighted by atomic mass is 16.6. The Balaban J connectivity index is 1.36. The molecule has 9 rings (SSSR count). The van der Waals surface area contributed by atoms with Gasteiger partial charge in [0, 0.05) is 25.2 Å². The zero-order valence-corrected chi connectivity index (χ0v) is 23.8. The molecule has 7 heteroatoms. The number of fused-ring (bicyclic) bond motifs is 2. The van der Waals surface area contributed by atoms with Gasteiger partial charge in [-0.3, -0.25) is 9.88 Å². The van der Waals surface area contributed by atoms with Gasteiger partial charge >= 0.3 is 0 Å². The maximum Gasteiger partial charge on any atom is 0.212 e. The van der Waals surface area contributed by atoms with Crippen LogP contribution >= 0.6 is 0 Å². The van der Waals surface area contributed by atoms with Gasteiger partial charge in [0.2, 0.25) is 5.75 Å². The van der Waals surface area contributed by atoms with E-state index in [1.165, 1.54) is 16.7 Å². The quantitative estimate of drug-likeness (QED) is 0.217. The fraction of sp³-hybridized carbons (Fsp3) is 0.229. The van der Waals surface area contributed by atoms with E-state index in [0.717, 1.165) is 47.2 Å². The van der Waals surface area contributed by atoms with Gasteiger partial charge in [0.05, 0.1) is 25.3 Å². The molecule has 0 unspecified atom stereocenters. The first kappa shape index (κ1) is 25.0. The summed E-state index contributed by atoms with van der Waals surface area (Å²) in [4.78, 5) is 7.22. The van der Waals surface area contributed by atoms with Crippen molar-refractivity contribution >= 4 is 10.8 Å². The number of hydrogen-bond donors (Lipinski definition) is 0. The van der Waals surface area contributed by atoms with Crippen LogP contribution in [0.15, 0.2) is 72.9 Å². The van der Waals surface area contributed by atoms with Gasteiger partial charge in [-0.2, -0.15) is 0 Å². The Morgan fingerprint density at radius 3 is 2.40 bits per heavy atom. The first-order valence-corrected chi connectivity index (χ1v) is 14.2.